The molecule has 1 heterocycles. The van der Waals surface area contributed by atoms with Gasteiger partial charge in [0, 0.05) is 17.6 Å². The Balaban J connectivity index is 1.80. The van der Waals surface area contributed by atoms with Gasteiger partial charge in [-0.15, -0.1) is 0 Å². The van der Waals surface area contributed by atoms with Crippen molar-refractivity contribution in [3.63, 3.8) is 0 Å². The number of H-pyrrole nitrogens is 1. The van der Waals surface area contributed by atoms with E-state index in [1.807, 2.05) is 24.3 Å². The molecule has 1 aromatic heterocycles. The molecular formula is C13H12ClNO2. The van der Waals surface area contributed by atoms with Crippen LogP contribution in [0.3, 0.4) is 0 Å². The number of hydrogen-bond acceptors (Lipinski definition) is 2. The lowest BCUT2D eigenvalue weighted by Crippen LogP contribution is -2.08. The average Bonchev–Trinajstić information content (AvgIpc) is 2.85. The monoisotopic (exact) mass is 249 g/mol. The van der Waals surface area contributed by atoms with Gasteiger partial charge in [0.1, 0.15) is 5.69 Å². The molecule has 0 aliphatic heterocycles. The summed E-state index contributed by atoms with van der Waals surface area (Å²) in [6, 6.07) is 10.9. The molecule has 17 heavy (non-hydrogen) atoms. The van der Waals surface area contributed by atoms with Crippen LogP contribution in [-0.4, -0.2) is 17.6 Å². The molecule has 0 saturated heterocycles. The second-order valence-corrected chi connectivity index (χ2v) is 4.03. The third-order valence-corrected chi connectivity index (χ3v) is 2.61. The maximum atomic E-state index is 11.5. The van der Waals surface area contributed by atoms with E-state index < -0.39 is 0 Å². The molecule has 2 rings (SSSR count). The van der Waals surface area contributed by atoms with E-state index in [0.29, 0.717) is 23.7 Å². The summed E-state index contributed by atoms with van der Waals surface area (Å²) < 4.78 is 5.12. The van der Waals surface area contributed by atoms with E-state index in [4.69, 9.17) is 16.3 Å². The number of rotatable bonds is 4. The number of halogens is 1. The van der Waals surface area contributed by atoms with Gasteiger partial charge < -0.3 is 9.72 Å². The number of ether oxygens (including phenoxy) is 1. The smallest absolute Gasteiger partial charge is 0.354 e. The van der Waals surface area contributed by atoms with E-state index in [0.717, 1.165) is 5.56 Å². The molecule has 0 bridgehead atoms. The van der Waals surface area contributed by atoms with E-state index in [-0.39, 0.29) is 5.97 Å². The fraction of sp³-hybridized carbons (Fsp3) is 0.154. The van der Waals surface area contributed by atoms with Gasteiger partial charge in [0.25, 0.3) is 0 Å². The van der Waals surface area contributed by atoms with Gasteiger partial charge in [0.05, 0.1) is 6.61 Å². The van der Waals surface area contributed by atoms with E-state index in [1.165, 1.54) is 0 Å². The van der Waals surface area contributed by atoms with E-state index in [9.17, 15) is 4.79 Å². The van der Waals surface area contributed by atoms with Crippen molar-refractivity contribution in [3.05, 3.63) is 58.9 Å². The molecule has 3 nitrogen and oxygen atoms in total. The summed E-state index contributed by atoms with van der Waals surface area (Å²) in [4.78, 5) is 14.3. The van der Waals surface area contributed by atoms with Gasteiger partial charge in [0.2, 0.25) is 0 Å². The average molecular weight is 250 g/mol. The molecule has 0 unspecified atom stereocenters. The van der Waals surface area contributed by atoms with Crippen LogP contribution in [0.15, 0.2) is 42.6 Å². The molecule has 1 aromatic carbocycles. The summed E-state index contributed by atoms with van der Waals surface area (Å²) >= 11 is 5.77. The van der Waals surface area contributed by atoms with Crippen molar-refractivity contribution in [2.45, 2.75) is 6.42 Å². The van der Waals surface area contributed by atoms with Crippen LogP contribution in [0.2, 0.25) is 5.02 Å². The Hall–Kier alpha value is -1.74. The minimum absolute atomic E-state index is 0.330. The minimum atomic E-state index is -0.330. The Morgan fingerprint density at radius 3 is 2.65 bits per heavy atom. The molecule has 0 aliphatic rings. The Labute approximate surface area is 104 Å². The third kappa shape index (κ3) is 3.36. The topological polar surface area (TPSA) is 42.1 Å². The molecule has 2 aromatic rings. The maximum Gasteiger partial charge on any atom is 0.354 e. The first-order valence-electron chi connectivity index (χ1n) is 5.30. The highest BCUT2D eigenvalue weighted by Gasteiger charge is 2.06. The van der Waals surface area contributed by atoms with Crippen molar-refractivity contribution >= 4 is 17.6 Å². The van der Waals surface area contributed by atoms with Crippen LogP contribution in [0, 0.1) is 0 Å². The molecule has 0 radical (unpaired) electrons. The normalized spacial score (nSPS) is 10.2. The van der Waals surface area contributed by atoms with Crippen LogP contribution in [0.4, 0.5) is 0 Å². The molecular weight excluding hydrogens is 238 g/mol. The van der Waals surface area contributed by atoms with E-state index in [1.54, 1.807) is 18.3 Å². The first kappa shape index (κ1) is 11.7. The first-order valence-corrected chi connectivity index (χ1v) is 5.68. The van der Waals surface area contributed by atoms with Crippen molar-refractivity contribution in [3.8, 4) is 0 Å². The van der Waals surface area contributed by atoms with Crippen LogP contribution < -0.4 is 0 Å². The van der Waals surface area contributed by atoms with Crippen LogP contribution in [0.1, 0.15) is 16.1 Å². The van der Waals surface area contributed by atoms with Gasteiger partial charge in [0.15, 0.2) is 0 Å². The lowest BCUT2D eigenvalue weighted by atomic mass is 10.2. The largest absolute Gasteiger partial charge is 0.461 e. The van der Waals surface area contributed by atoms with Crippen LogP contribution >= 0.6 is 11.6 Å². The minimum Gasteiger partial charge on any atom is -0.461 e. The Morgan fingerprint density at radius 1 is 1.24 bits per heavy atom. The van der Waals surface area contributed by atoms with Gasteiger partial charge in [-0.3, -0.25) is 0 Å². The standard InChI is InChI=1S/C13H12ClNO2/c14-11-5-3-10(4-6-11)7-9-17-13(16)12-2-1-8-15-12/h1-6,8,15H,7,9H2. The molecule has 1 N–H and O–H groups in total. The summed E-state index contributed by atoms with van der Waals surface area (Å²) in [5, 5.41) is 0.706. The lowest BCUT2D eigenvalue weighted by molar-refractivity contribution is 0.0503. The zero-order valence-corrected chi connectivity index (χ0v) is 9.91. The highest BCUT2D eigenvalue weighted by Crippen LogP contribution is 2.10. The predicted octanol–water partition coefficient (Wildman–Crippen LogP) is 3.07. The second-order valence-electron chi connectivity index (χ2n) is 3.60. The summed E-state index contributed by atoms with van der Waals surface area (Å²) in [5.41, 5.74) is 1.56. The summed E-state index contributed by atoms with van der Waals surface area (Å²) in [5.74, 6) is -0.330. The van der Waals surface area contributed by atoms with Crippen LogP contribution in [-0.2, 0) is 11.2 Å². The fourth-order valence-electron chi connectivity index (χ4n) is 1.45. The number of aromatic nitrogens is 1. The highest BCUT2D eigenvalue weighted by atomic mass is 35.5. The summed E-state index contributed by atoms with van der Waals surface area (Å²) in [6.45, 7) is 0.361. The van der Waals surface area contributed by atoms with Crippen molar-refractivity contribution in [2.75, 3.05) is 6.61 Å². The van der Waals surface area contributed by atoms with Crippen molar-refractivity contribution in [1.82, 2.24) is 4.98 Å². The van der Waals surface area contributed by atoms with Gasteiger partial charge in [-0.05, 0) is 29.8 Å². The van der Waals surface area contributed by atoms with Crippen molar-refractivity contribution < 1.29 is 9.53 Å². The number of carbonyl (C=O) groups excluding carboxylic acids is 1. The number of nitrogens with one attached hydrogen (secondary N) is 1. The van der Waals surface area contributed by atoms with Gasteiger partial charge in [-0.1, -0.05) is 23.7 Å². The van der Waals surface area contributed by atoms with E-state index >= 15 is 0 Å². The van der Waals surface area contributed by atoms with E-state index in [2.05, 4.69) is 4.98 Å². The molecule has 0 fully saturated rings. The summed E-state index contributed by atoms with van der Waals surface area (Å²) in [6.07, 6.45) is 2.37. The Morgan fingerprint density at radius 2 is 2.00 bits per heavy atom. The number of carbonyl (C=O) groups is 1. The quantitative estimate of drug-likeness (QED) is 0.847. The van der Waals surface area contributed by atoms with Crippen molar-refractivity contribution in [2.24, 2.45) is 0 Å². The fourth-order valence-corrected chi connectivity index (χ4v) is 1.57. The number of esters is 1. The molecule has 4 heteroatoms. The highest BCUT2D eigenvalue weighted by molar-refractivity contribution is 6.30. The first-order chi connectivity index (χ1) is 8.25. The van der Waals surface area contributed by atoms with Crippen LogP contribution in [0.25, 0.3) is 0 Å². The van der Waals surface area contributed by atoms with Crippen molar-refractivity contribution in [1.29, 1.82) is 0 Å². The summed E-state index contributed by atoms with van der Waals surface area (Å²) in [7, 11) is 0. The molecule has 0 atom stereocenters. The van der Waals surface area contributed by atoms with Gasteiger partial charge in [-0.2, -0.15) is 0 Å². The Bertz CT molecular complexity index is 477. The van der Waals surface area contributed by atoms with Gasteiger partial charge in [-0.25, -0.2) is 4.79 Å². The maximum absolute atomic E-state index is 11.5. The number of aromatic amines is 1. The zero-order valence-electron chi connectivity index (χ0n) is 9.15. The second kappa shape index (κ2) is 5.55. The SMILES string of the molecule is O=C(OCCc1ccc(Cl)cc1)c1ccc[nH]1. The Kier molecular flexibility index (Phi) is 3.83. The molecule has 88 valence electrons. The molecule has 0 amide bonds. The lowest BCUT2D eigenvalue weighted by Gasteiger charge is -2.03. The van der Waals surface area contributed by atoms with Gasteiger partial charge >= 0.3 is 5.97 Å². The molecule has 0 spiro atoms. The predicted molar refractivity (Wildman–Crippen MR) is 66.2 cm³/mol. The third-order valence-electron chi connectivity index (χ3n) is 2.36. The molecule has 0 aliphatic carbocycles. The van der Waals surface area contributed by atoms with Crippen LogP contribution in [0.5, 0.6) is 0 Å². The number of hydrogen-bond donors (Lipinski definition) is 1. The number of benzene rings is 1. The zero-order chi connectivity index (χ0) is 12.1. The molecule has 0 saturated carbocycles.